The van der Waals surface area contributed by atoms with E-state index >= 15 is 0 Å². The molecule has 0 bridgehead atoms. The summed E-state index contributed by atoms with van der Waals surface area (Å²) in [6, 6.07) is 21.5. The van der Waals surface area contributed by atoms with Crippen molar-refractivity contribution in [1.82, 2.24) is 4.90 Å². The molecule has 214 valence electrons. The van der Waals surface area contributed by atoms with Gasteiger partial charge in [-0.25, -0.2) is 0 Å². The van der Waals surface area contributed by atoms with Crippen LogP contribution < -0.4 is 0 Å². The molecular formula is C34H40Cl2FNO2. The summed E-state index contributed by atoms with van der Waals surface area (Å²) >= 11 is 12.8. The molecule has 1 aliphatic carbocycles. The molecule has 0 radical (unpaired) electrons. The Labute approximate surface area is 248 Å². The highest BCUT2D eigenvalue weighted by molar-refractivity contribution is 6.36. The number of likely N-dealkylation sites (tertiary alicyclic amines) is 1. The Morgan fingerprint density at radius 3 is 2.27 bits per heavy atom. The quantitative estimate of drug-likeness (QED) is 0.304. The number of halogens is 3. The fourth-order valence-electron chi connectivity index (χ4n) is 5.48. The molecule has 1 fully saturated rings. The van der Waals surface area contributed by atoms with Crippen LogP contribution in [0.5, 0.6) is 0 Å². The molecule has 6 heteroatoms. The number of rotatable bonds is 5. The number of carboxylic acid groups (broad SMARTS) is 1. The second kappa shape index (κ2) is 16.0. The minimum Gasteiger partial charge on any atom is -0.483 e. The number of hydrogen-bond donors (Lipinski definition) is 1. The van der Waals surface area contributed by atoms with Gasteiger partial charge in [-0.15, -0.1) is 0 Å². The highest BCUT2D eigenvalue weighted by Crippen LogP contribution is 2.42. The molecular weight excluding hydrogens is 544 g/mol. The van der Waals surface area contributed by atoms with Crippen LogP contribution in [0.3, 0.4) is 0 Å². The van der Waals surface area contributed by atoms with Gasteiger partial charge in [0.25, 0.3) is 6.47 Å². The molecule has 3 nitrogen and oxygen atoms in total. The lowest BCUT2D eigenvalue weighted by atomic mass is 9.87. The van der Waals surface area contributed by atoms with Crippen LogP contribution in [0, 0.1) is 19.8 Å². The lowest BCUT2D eigenvalue weighted by Crippen LogP contribution is -2.21. The van der Waals surface area contributed by atoms with Crippen molar-refractivity contribution in [3.8, 4) is 0 Å². The van der Waals surface area contributed by atoms with Crippen molar-refractivity contribution in [3.05, 3.63) is 104 Å². The van der Waals surface area contributed by atoms with E-state index in [9.17, 15) is 4.39 Å². The molecule has 0 saturated carbocycles. The van der Waals surface area contributed by atoms with E-state index in [0.29, 0.717) is 11.4 Å². The summed E-state index contributed by atoms with van der Waals surface area (Å²) in [6.07, 6.45) is 5.21. The third-order valence-electron chi connectivity index (χ3n) is 7.42. The molecule has 2 aliphatic rings. The average Bonchev–Trinajstić information content (AvgIpc) is 3.25. The number of fused-ring (bicyclic) bond motifs is 1. The van der Waals surface area contributed by atoms with Crippen LogP contribution in [0.2, 0.25) is 10.0 Å². The average molecular weight is 585 g/mol. The number of alkyl halides is 1. The van der Waals surface area contributed by atoms with Crippen LogP contribution in [0.25, 0.3) is 11.1 Å². The van der Waals surface area contributed by atoms with Crippen LogP contribution in [-0.4, -0.2) is 42.8 Å². The highest BCUT2D eigenvalue weighted by atomic mass is 35.5. The van der Waals surface area contributed by atoms with Gasteiger partial charge >= 0.3 is 0 Å². The summed E-state index contributed by atoms with van der Waals surface area (Å²) in [4.78, 5) is 10.7. The van der Waals surface area contributed by atoms with E-state index in [2.05, 4.69) is 74.2 Å². The Balaban J connectivity index is 0.000000283. The molecule has 1 heterocycles. The van der Waals surface area contributed by atoms with Crippen molar-refractivity contribution < 1.29 is 14.3 Å². The maximum Gasteiger partial charge on any atom is 0.290 e. The number of carbonyl (C=O) groups is 1. The van der Waals surface area contributed by atoms with Crippen molar-refractivity contribution in [1.29, 1.82) is 0 Å². The summed E-state index contributed by atoms with van der Waals surface area (Å²) < 4.78 is 11.7. The van der Waals surface area contributed by atoms with E-state index in [4.69, 9.17) is 33.1 Å². The molecule has 40 heavy (non-hydrogen) atoms. The van der Waals surface area contributed by atoms with Crippen LogP contribution >= 0.6 is 23.2 Å². The van der Waals surface area contributed by atoms with Crippen LogP contribution in [0.15, 0.2) is 60.7 Å². The lowest BCUT2D eigenvalue weighted by molar-refractivity contribution is -0.122. The molecule has 3 aromatic carbocycles. The standard InChI is InChI=1S/C25H22Cl2.C8H16FN.CH2O2/c1-16-6-9-18(10-7-16)25-21-12-8-17(2)14-19(21)4-3-5-23(25)22-13-11-20(26)15-24(22)27;1-8-3-6-10(7-8)5-2-4-9;2-1-3/h6-15H,3-5H2,1-2H3;8H,2-7H2,1H3;1H,(H,2,3). The van der Waals surface area contributed by atoms with Crippen LogP contribution in [0.4, 0.5) is 4.39 Å². The van der Waals surface area contributed by atoms with Gasteiger partial charge in [-0.2, -0.15) is 0 Å². The van der Waals surface area contributed by atoms with Gasteiger partial charge in [0.2, 0.25) is 0 Å². The first-order chi connectivity index (χ1) is 19.3. The van der Waals surface area contributed by atoms with Crippen molar-refractivity contribution in [3.63, 3.8) is 0 Å². The largest absolute Gasteiger partial charge is 0.483 e. The maximum atomic E-state index is 11.7. The highest BCUT2D eigenvalue weighted by Gasteiger charge is 2.21. The summed E-state index contributed by atoms with van der Waals surface area (Å²) in [5.41, 5.74) is 10.3. The first-order valence-electron chi connectivity index (χ1n) is 14.0. The topological polar surface area (TPSA) is 40.5 Å². The zero-order valence-corrected chi connectivity index (χ0v) is 25.2. The molecule has 0 aromatic heterocycles. The SMILES string of the molecule is CC1CCN(CCCF)C1.Cc1ccc(C2=C(c3ccc(Cl)cc3Cl)CCCc3cc(C)ccc32)cc1.O=CO. The monoisotopic (exact) mass is 583 g/mol. The fraction of sp³-hybridized carbons (Fsp3) is 0.382. The first kappa shape index (κ1) is 31.9. The summed E-state index contributed by atoms with van der Waals surface area (Å²) in [5, 5.41) is 8.28. The number of aryl methyl sites for hydroxylation is 3. The minimum absolute atomic E-state index is 0.162. The summed E-state index contributed by atoms with van der Waals surface area (Å²) in [5.74, 6) is 0.833. The van der Waals surface area contributed by atoms with Gasteiger partial charge in [0.05, 0.1) is 6.67 Å². The van der Waals surface area contributed by atoms with Crippen molar-refractivity contribution in [2.75, 3.05) is 26.3 Å². The smallest absolute Gasteiger partial charge is 0.290 e. The predicted octanol–water partition coefficient (Wildman–Crippen LogP) is 9.29. The van der Waals surface area contributed by atoms with Gasteiger partial charge in [0.15, 0.2) is 0 Å². The van der Waals surface area contributed by atoms with E-state index in [1.807, 2.05) is 12.1 Å². The molecule has 0 amide bonds. The Bertz CT molecular complexity index is 1290. The molecule has 1 aliphatic heterocycles. The van der Waals surface area contributed by atoms with E-state index in [1.165, 1.54) is 58.5 Å². The molecule has 1 atom stereocenters. The summed E-state index contributed by atoms with van der Waals surface area (Å²) in [7, 11) is 0. The zero-order valence-electron chi connectivity index (χ0n) is 23.7. The molecule has 0 spiro atoms. The third kappa shape index (κ3) is 8.92. The van der Waals surface area contributed by atoms with Crippen LogP contribution in [-0.2, 0) is 11.2 Å². The van der Waals surface area contributed by atoms with Gasteiger partial charge < -0.3 is 10.0 Å². The van der Waals surface area contributed by atoms with Gasteiger partial charge in [-0.05, 0) is 104 Å². The first-order valence-corrected chi connectivity index (χ1v) is 14.7. The van der Waals surface area contributed by atoms with Gasteiger partial charge in [-0.1, -0.05) is 89.8 Å². The fourth-order valence-corrected chi connectivity index (χ4v) is 6.01. The van der Waals surface area contributed by atoms with Crippen molar-refractivity contribution >= 4 is 40.8 Å². The minimum atomic E-state index is -0.250. The maximum absolute atomic E-state index is 11.7. The number of hydrogen-bond acceptors (Lipinski definition) is 2. The Morgan fingerprint density at radius 1 is 0.975 bits per heavy atom. The number of benzene rings is 3. The van der Waals surface area contributed by atoms with Gasteiger partial charge in [-0.3, -0.25) is 9.18 Å². The predicted molar refractivity (Wildman–Crippen MR) is 167 cm³/mol. The van der Waals surface area contributed by atoms with Gasteiger partial charge in [0, 0.05) is 23.1 Å². The number of nitrogens with zero attached hydrogens (tertiary/aromatic N) is 1. The molecule has 1 N–H and O–H groups in total. The van der Waals surface area contributed by atoms with E-state index < -0.39 is 0 Å². The zero-order chi connectivity index (χ0) is 29.1. The molecule has 5 rings (SSSR count). The normalized spacial score (nSPS) is 16.7. The van der Waals surface area contributed by atoms with Crippen molar-refractivity contribution in [2.24, 2.45) is 5.92 Å². The van der Waals surface area contributed by atoms with E-state index in [1.54, 1.807) is 0 Å². The Morgan fingerprint density at radius 2 is 1.65 bits per heavy atom. The summed E-state index contributed by atoms with van der Waals surface area (Å²) in [6.45, 7) is 9.46. The second-order valence-corrected chi connectivity index (χ2v) is 11.5. The molecule has 1 unspecified atom stereocenters. The van der Waals surface area contributed by atoms with Gasteiger partial charge in [0.1, 0.15) is 0 Å². The Hall–Kier alpha value is -2.66. The van der Waals surface area contributed by atoms with E-state index in [-0.39, 0.29) is 13.1 Å². The number of allylic oxidation sites excluding steroid dienone is 1. The lowest BCUT2D eigenvalue weighted by Gasteiger charge is -2.18. The van der Waals surface area contributed by atoms with E-state index in [0.717, 1.165) is 42.3 Å². The van der Waals surface area contributed by atoms with Crippen molar-refractivity contribution in [2.45, 2.75) is 52.9 Å². The molecule has 3 aromatic rings. The second-order valence-electron chi connectivity index (χ2n) is 10.7. The van der Waals surface area contributed by atoms with Crippen LogP contribution in [0.1, 0.15) is 66.0 Å². The third-order valence-corrected chi connectivity index (χ3v) is 7.97. The Kier molecular flexibility index (Phi) is 12.7. The molecule has 1 saturated heterocycles.